The molecule has 0 saturated heterocycles. The number of hydrogen-bond acceptors (Lipinski definition) is 3. The van der Waals surface area contributed by atoms with Crippen LogP contribution in [0.1, 0.15) is 0 Å². The number of aromatic nitrogens is 2. The predicted octanol–water partition coefficient (Wildman–Crippen LogP) is 3.65. The minimum absolute atomic E-state index is 0.0420. The second kappa shape index (κ2) is 3.81. The summed E-state index contributed by atoms with van der Waals surface area (Å²) in [6, 6.07) is 4.52. The van der Waals surface area contributed by atoms with Crippen molar-refractivity contribution >= 4 is 34.5 Å². The van der Waals surface area contributed by atoms with E-state index in [1.54, 1.807) is 12.1 Å². The van der Waals surface area contributed by atoms with Gasteiger partial charge in [-0.3, -0.25) is 0 Å². The normalized spacial score (nSPS) is 10.5. The number of rotatable bonds is 1. The van der Waals surface area contributed by atoms with Gasteiger partial charge in [-0.25, -0.2) is 4.39 Å². The van der Waals surface area contributed by atoms with Crippen molar-refractivity contribution in [1.82, 2.24) is 10.2 Å². The summed E-state index contributed by atoms with van der Waals surface area (Å²) in [6.07, 6.45) is 0. The highest BCUT2D eigenvalue weighted by Gasteiger charge is 2.11. The molecular weight excluding hydrogens is 246 g/mol. The van der Waals surface area contributed by atoms with Crippen molar-refractivity contribution in [2.24, 2.45) is 0 Å². The van der Waals surface area contributed by atoms with E-state index in [-0.39, 0.29) is 5.02 Å². The Balaban J connectivity index is 2.57. The van der Waals surface area contributed by atoms with Crippen LogP contribution in [0.2, 0.25) is 9.49 Å². The Labute approximate surface area is 93.3 Å². The lowest BCUT2D eigenvalue weighted by molar-refractivity contribution is 0.629. The van der Waals surface area contributed by atoms with Crippen LogP contribution in [0.4, 0.5) is 4.39 Å². The SMILES string of the molecule is Fc1cccc(-c2nnc(Cl)s2)c1Cl. The van der Waals surface area contributed by atoms with Crippen LogP contribution in [0.5, 0.6) is 0 Å². The van der Waals surface area contributed by atoms with Crippen LogP contribution in [0, 0.1) is 5.82 Å². The minimum Gasteiger partial charge on any atom is -0.205 e. The lowest BCUT2D eigenvalue weighted by atomic mass is 10.2. The zero-order chi connectivity index (χ0) is 10.1. The van der Waals surface area contributed by atoms with Crippen molar-refractivity contribution in [1.29, 1.82) is 0 Å². The van der Waals surface area contributed by atoms with Gasteiger partial charge in [0.15, 0.2) is 5.01 Å². The van der Waals surface area contributed by atoms with Crippen molar-refractivity contribution < 1.29 is 4.39 Å². The third kappa shape index (κ3) is 1.73. The molecule has 0 amide bonds. The van der Waals surface area contributed by atoms with Crippen molar-refractivity contribution in [3.63, 3.8) is 0 Å². The summed E-state index contributed by atoms with van der Waals surface area (Å²) in [5.74, 6) is -0.476. The van der Waals surface area contributed by atoms with Crippen LogP contribution >= 0.6 is 34.5 Å². The molecule has 14 heavy (non-hydrogen) atoms. The lowest BCUT2D eigenvalue weighted by Crippen LogP contribution is -1.82. The van der Waals surface area contributed by atoms with Crippen LogP contribution in [-0.4, -0.2) is 10.2 Å². The number of nitrogens with zero attached hydrogens (tertiary/aromatic N) is 2. The van der Waals surface area contributed by atoms with E-state index in [4.69, 9.17) is 23.2 Å². The highest BCUT2D eigenvalue weighted by molar-refractivity contribution is 7.18. The first-order valence-electron chi connectivity index (χ1n) is 3.62. The van der Waals surface area contributed by atoms with Gasteiger partial charge in [0, 0.05) is 5.56 Å². The Kier molecular flexibility index (Phi) is 2.67. The molecule has 2 nitrogen and oxygen atoms in total. The average Bonchev–Trinajstić information content (AvgIpc) is 2.57. The summed E-state index contributed by atoms with van der Waals surface area (Å²) < 4.78 is 13.4. The largest absolute Gasteiger partial charge is 0.207 e. The maximum Gasteiger partial charge on any atom is 0.207 e. The third-order valence-electron chi connectivity index (χ3n) is 1.58. The van der Waals surface area contributed by atoms with Crippen LogP contribution < -0.4 is 0 Å². The molecule has 2 rings (SSSR count). The Hall–Kier alpha value is -0.710. The Bertz CT molecular complexity index is 472. The fourth-order valence-electron chi connectivity index (χ4n) is 0.983. The number of hydrogen-bond donors (Lipinski definition) is 0. The summed E-state index contributed by atoms with van der Waals surface area (Å²) in [7, 11) is 0. The fraction of sp³-hybridized carbons (Fsp3) is 0. The molecule has 0 spiro atoms. The second-order valence-corrected chi connectivity index (χ2v) is 4.40. The Morgan fingerprint density at radius 2 is 2.00 bits per heavy atom. The van der Waals surface area contributed by atoms with Gasteiger partial charge in [0.05, 0.1) is 5.02 Å². The molecule has 2 aromatic rings. The molecule has 0 aliphatic carbocycles. The van der Waals surface area contributed by atoms with E-state index in [9.17, 15) is 4.39 Å². The van der Waals surface area contributed by atoms with Gasteiger partial charge in [-0.05, 0) is 17.7 Å². The van der Waals surface area contributed by atoms with Crippen LogP contribution in [-0.2, 0) is 0 Å². The molecule has 0 fully saturated rings. The summed E-state index contributed by atoms with van der Waals surface area (Å²) in [5.41, 5.74) is 0.510. The van der Waals surface area contributed by atoms with Crippen LogP contribution in [0.15, 0.2) is 18.2 Å². The van der Waals surface area contributed by atoms with E-state index in [1.807, 2.05) is 0 Å². The van der Waals surface area contributed by atoms with Gasteiger partial charge in [0.2, 0.25) is 4.47 Å². The smallest absolute Gasteiger partial charge is 0.205 e. The zero-order valence-electron chi connectivity index (χ0n) is 6.67. The summed E-state index contributed by atoms with van der Waals surface area (Å²) in [5, 5.41) is 7.95. The molecule has 6 heteroatoms. The predicted molar refractivity (Wildman–Crippen MR) is 55.3 cm³/mol. The topological polar surface area (TPSA) is 25.8 Å². The molecule has 1 heterocycles. The van der Waals surface area contributed by atoms with Crippen molar-refractivity contribution in [3.8, 4) is 10.6 Å². The summed E-state index contributed by atoms with van der Waals surface area (Å²) in [6.45, 7) is 0. The third-order valence-corrected chi connectivity index (χ3v) is 3.02. The molecule has 0 aliphatic heterocycles. The number of benzene rings is 1. The molecule has 0 bridgehead atoms. The highest BCUT2D eigenvalue weighted by atomic mass is 35.5. The Morgan fingerprint density at radius 3 is 2.64 bits per heavy atom. The van der Waals surface area contributed by atoms with E-state index in [0.29, 0.717) is 15.0 Å². The van der Waals surface area contributed by atoms with Crippen LogP contribution in [0.25, 0.3) is 10.6 Å². The Morgan fingerprint density at radius 1 is 1.21 bits per heavy atom. The standard InChI is InChI=1S/C8H3Cl2FN2S/c9-6-4(2-1-3-5(6)11)7-12-13-8(10)14-7/h1-3H. The van der Waals surface area contributed by atoms with Gasteiger partial charge in [0.25, 0.3) is 0 Å². The molecule has 1 aromatic carbocycles. The highest BCUT2D eigenvalue weighted by Crippen LogP contribution is 2.32. The van der Waals surface area contributed by atoms with Gasteiger partial charge in [-0.15, -0.1) is 10.2 Å². The molecule has 0 atom stereocenters. The van der Waals surface area contributed by atoms with Gasteiger partial charge in [-0.2, -0.15) is 0 Å². The molecule has 0 N–H and O–H groups in total. The first-order chi connectivity index (χ1) is 6.68. The fourth-order valence-corrected chi connectivity index (χ4v) is 2.11. The molecule has 0 unspecified atom stereocenters. The van der Waals surface area contributed by atoms with E-state index < -0.39 is 5.82 Å². The van der Waals surface area contributed by atoms with E-state index in [1.165, 1.54) is 6.07 Å². The zero-order valence-corrected chi connectivity index (χ0v) is 9.00. The van der Waals surface area contributed by atoms with E-state index in [0.717, 1.165) is 11.3 Å². The second-order valence-electron chi connectivity index (χ2n) is 2.46. The van der Waals surface area contributed by atoms with Crippen molar-refractivity contribution in [3.05, 3.63) is 33.5 Å². The van der Waals surface area contributed by atoms with Gasteiger partial charge in [0.1, 0.15) is 5.82 Å². The van der Waals surface area contributed by atoms with Crippen LogP contribution in [0.3, 0.4) is 0 Å². The summed E-state index contributed by atoms with van der Waals surface area (Å²) >= 11 is 12.5. The van der Waals surface area contributed by atoms with Crippen molar-refractivity contribution in [2.45, 2.75) is 0 Å². The number of halogens is 3. The lowest BCUT2D eigenvalue weighted by Gasteiger charge is -1.99. The molecular formula is C8H3Cl2FN2S. The minimum atomic E-state index is -0.476. The average molecular weight is 249 g/mol. The molecule has 0 aliphatic rings. The van der Waals surface area contributed by atoms with Gasteiger partial charge < -0.3 is 0 Å². The molecule has 0 saturated carbocycles. The van der Waals surface area contributed by atoms with Gasteiger partial charge >= 0.3 is 0 Å². The molecule has 0 radical (unpaired) electrons. The first-order valence-corrected chi connectivity index (χ1v) is 5.19. The maximum absolute atomic E-state index is 13.1. The first kappa shape index (κ1) is 9.83. The molecule has 1 aromatic heterocycles. The van der Waals surface area contributed by atoms with E-state index >= 15 is 0 Å². The quantitative estimate of drug-likeness (QED) is 0.770. The maximum atomic E-state index is 13.1. The monoisotopic (exact) mass is 248 g/mol. The van der Waals surface area contributed by atoms with Crippen molar-refractivity contribution in [2.75, 3.05) is 0 Å². The summed E-state index contributed by atoms with van der Waals surface area (Å²) in [4.78, 5) is 0. The van der Waals surface area contributed by atoms with E-state index in [2.05, 4.69) is 10.2 Å². The molecule has 72 valence electrons. The van der Waals surface area contributed by atoms with Gasteiger partial charge in [-0.1, -0.05) is 35.1 Å².